The molecule has 15 heavy (non-hydrogen) atoms. The Hall–Kier alpha value is -1.04. The Morgan fingerprint density at radius 1 is 1.33 bits per heavy atom. The van der Waals surface area contributed by atoms with Crippen LogP contribution in [-0.2, 0) is 0 Å². The molecule has 0 atom stereocenters. The van der Waals surface area contributed by atoms with Crippen molar-refractivity contribution in [3.05, 3.63) is 29.8 Å². The molecule has 0 aromatic heterocycles. The van der Waals surface area contributed by atoms with Gasteiger partial charge in [0.25, 0.3) is 0 Å². The summed E-state index contributed by atoms with van der Waals surface area (Å²) >= 11 is 0. The summed E-state index contributed by atoms with van der Waals surface area (Å²) in [4.78, 5) is 18.7. The van der Waals surface area contributed by atoms with Gasteiger partial charge in [-0.15, -0.1) is 0 Å². The van der Waals surface area contributed by atoms with E-state index in [2.05, 4.69) is 0 Å². The van der Waals surface area contributed by atoms with E-state index in [1.165, 1.54) is 0 Å². The minimum Gasteiger partial charge on any atom is -1.00 e. The van der Waals surface area contributed by atoms with Gasteiger partial charge in [-0.2, -0.15) is 0 Å². The topological polar surface area (TPSA) is 83.8 Å². The molecule has 5 nitrogen and oxygen atoms in total. The van der Waals surface area contributed by atoms with Crippen LogP contribution < -0.4 is 34.3 Å². The summed E-state index contributed by atoms with van der Waals surface area (Å²) < 4.78 is 4.90. The molecule has 2 N–H and O–H groups in total. The number of carboxylic acid groups (broad SMARTS) is 2. The number of carbonyl (C=O) groups is 2. The molecule has 0 aliphatic rings. The summed E-state index contributed by atoms with van der Waals surface area (Å²) in [5.74, 6) is 0.769. The molecule has 0 amide bonds. The fraction of sp³-hybridized carbons (Fsp3) is 0.111. The largest absolute Gasteiger partial charge is 1.00 e. The second kappa shape index (κ2) is 9.51. The number of hydrogen-bond acceptors (Lipinski definition) is 3. The summed E-state index contributed by atoms with van der Waals surface area (Å²) in [6.07, 6.45) is -1.03. The van der Waals surface area contributed by atoms with Crippen LogP contribution in [0.25, 0.3) is 0 Å². The van der Waals surface area contributed by atoms with E-state index in [1.807, 2.05) is 0 Å². The Kier molecular flexibility index (Phi) is 10.4. The molecule has 0 spiro atoms. The molecule has 78 valence electrons. The molecular formula is C9H11NaO5. The quantitative estimate of drug-likeness (QED) is 0.487. The van der Waals surface area contributed by atoms with Gasteiger partial charge >= 0.3 is 35.7 Å². The van der Waals surface area contributed by atoms with Gasteiger partial charge in [-0.1, -0.05) is 0 Å². The second-order valence-corrected chi connectivity index (χ2v) is 2.17. The standard InChI is InChI=1S/C8H8O2.CH2O3.Na.H/c1-10-8-4-2-7(6-9)3-5-8;2-1(3)4;;/h2-6H,1H3;(H2,2,3,4);;/q;;+1;-1. The summed E-state index contributed by atoms with van der Waals surface area (Å²) in [6.45, 7) is 0. The van der Waals surface area contributed by atoms with E-state index in [9.17, 15) is 4.79 Å². The molecule has 1 aromatic rings. The van der Waals surface area contributed by atoms with Crippen LogP contribution >= 0.6 is 0 Å². The third-order valence-electron chi connectivity index (χ3n) is 1.25. The molecule has 0 fully saturated rings. The third-order valence-corrected chi connectivity index (χ3v) is 1.25. The van der Waals surface area contributed by atoms with Crippen LogP contribution in [0.3, 0.4) is 0 Å². The van der Waals surface area contributed by atoms with Gasteiger partial charge in [0.05, 0.1) is 7.11 Å². The van der Waals surface area contributed by atoms with E-state index in [4.69, 9.17) is 19.7 Å². The van der Waals surface area contributed by atoms with Crippen LogP contribution in [0.1, 0.15) is 11.8 Å². The van der Waals surface area contributed by atoms with Crippen molar-refractivity contribution in [1.29, 1.82) is 0 Å². The van der Waals surface area contributed by atoms with E-state index < -0.39 is 6.16 Å². The van der Waals surface area contributed by atoms with Gasteiger partial charge in [-0.25, -0.2) is 4.79 Å². The molecule has 0 heterocycles. The molecule has 0 aliphatic carbocycles. The van der Waals surface area contributed by atoms with Crippen LogP contribution in [0.15, 0.2) is 24.3 Å². The SMILES string of the molecule is COc1ccc(C=O)cc1.O=C(O)O.[H-].[Na+]. The Labute approximate surface area is 110 Å². The first-order chi connectivity index (χ1) is 6.60. The van der Waals surface area contributed by atoms with Crippen molar-refractivity contribution in [2.45, 2.75) is 0 Å². The van der Waals surface area contributed by atoms with Gasteiger partial charge < -0.3 is 16.4 Å². The van der Waals surface area contributed by atoms with Crippen molar-refractivity contribution in [2.24, 2.45) is 0 Å². The summed E-state index contributed by atoms with van der Waals surface area (Å²) in [5.41, 5.74) is 0.667. The first-order valence-corrected chi connectivity index (χ1v) is 3.61. The maximum absolute atomic E-state index is 10.2. The smallest absolute Gasteiger partial charge is 1.00 e. The molecule has 0 unspecified atom stereocenters. The minimum absolute atomic E-state index is 0. The van der Waals surface area contributed by atoms with Crippen LogP contribution in [0.2, 0.25) is 0 Å². The zero-order valence-corrected chi connectivity index (χ0v) is 10.5. The summed E-state index contributed by atoms with van der Waals surface area (Å²) in [5, 5.41) is 13.9. The van der Waals surface area contributed by atoms with E-state index in [0.717, 1.165) is 12.0 Å². The van der Waals surface area contributed by atoms with Crippen molar-refractivity contribution < 1.29 is 55.5 Å². The number of methoxy groups -OCH3 is 1. The number of ether oxygens (including phenoxy) is 1. The molecule has 6 heteroatoms. The predicted octanol–water partition coefficient (Wildman–Crippen LogP) is -1.15. The van der Waals surface area contributed by atoms with Crippen molar-refractivity contribution in [3.8, 4) is 5.75 Å². The van der Waals surface area contributed by atoms with Gasteiger partial charge in [0.1, 0.15) is 12.0 Å². The number of carbonyl (C=O) groups excluding carboxylic acids is 1. The number of aldehydes is 1. The van der Waals surface area contributed by atoms with Crippen LogP contribution in [0, 0.1) is 0 Å². The van der Waals surface area contributed by atoms with Gasteiger partial charge in [-0.3, -0.25) is 4.79 Å². The third kappa shape index (κ3) is 9.27. The van der Waals surface area contributed by atoms with E-state index in [1.54, 1.807) is 31.4 Å². The van der Waals surface area contributed by atoms with Crippen LogP contribution in [-0.4, -0.2) is 29.8 Å². The van der Waals surface area contributed by atoms with Crippen molar-refractivity contribution in [1.82, 2.24) is 0 Å². The second-order valence-electron chi connectivity index (χ2n) is 2.17. The van der Waals surface area contributed by atoms with Gasteiger partial charge in [-0.05, 0) is 24.3 Å². The zero-order chi connectivity index (χ0) is 11.0. The molecule has 0 bridgehead atoms. The first-order valence-electron chi connectivity index (χ1n) is 3.61. The summed E-state index contributed by atoms with van der Waals surface area (Å²) in [7, 11) is 1.59. The van der Waals surface area contributed by atoms with Crippen molar-refractivity contribution in [3.63, 3.8) is 0 Å². The molecule has 1 aromatic carbocycles. The average Bonchev–Trinajstić information content (AvgIpc) is 2.17. The summed E-state index contributed by atoms with van der Waals surface area (Å²) in [6, 6.07) is 6.94. The van der Waals surface area contributed by atoms with Gasteiger partial charge in [0.15, 0.2) is 0 Å². The monoisotopic (exact) mass is 222 g/mol. The van der Waals surface area contributed by atoms with Crippen molar-refractivity contribution in [2.75, 3.05) is 7.11 Å². The minimum atomic E-state index is -1.83. The molecule has 0 radical (unpaired) electrons. The normalized spacial score (nSPS) is 7.53. The molecule has 1 rings (SSSR count). The molecule has 0 saturated carbocycles. The predicted molar refractivity (Wildman–Crippen MR) is 50.1 cm³/mol. The number of hydrogen-bond donors (Lipinski definition) is 2. The maximum Gasteiger partial charge on any atom is 1.00 e. The number of rotatable bonds is 2. The molecule has 0 saturated heterocycles. The zero-order valence-electron chi connectivity index (χ0n) is 9.51. The van der Waals surface area contributed by atoms with Gasteiger partial charge in [0, 0.05) is 5.56 Å². The van der Waals surface area contributed by atoms with Crippen LogP contribution in [0.4, 0.5) is 4.79 Å². The Bertz CT molecular complexity index is 297. The Morgan fingerprint density at radius 2 is 1.73 bits per heavy atom. The fourth-order valence-electron chi connectivity index (χ4n) is 0.682. The average molecular weight is 222 g/mol. The Balaban J connectivity index is -0.000000249. The Morgan fingerprint density at radius 3 is 2.00 bits per heavy atom. The molecule has 0 aliphatic heterocycles. The fourth-order valence-corrected chi connectivity index (χ4v) is 0.682. The van der Waals surface area contributed by atoms with E-state index in [-0.39, 0.29) is 31.0 Å². The maximum atomic E-state index is 10.2. The van der Waals surface area contributed by atoms with E-state index in [0.29, 0.717) is 5.56 Å². The first kappa shape index (κ1) is 16.4. The van der Waals surface area contributed by atoms with E-state index >= 15 is 0 Å². The molecular weight excluding hydrogens is 211 g/mol. The van der Waals surface area contributed by atoms with Crippen LogP contribution in [0.5, 0.6) is 5.75 Å². The van der Waals surface area contributed by atoms with Crippen molar-refractivity contribution >= 4 is 12.4 Å². The number of benzene rings is 1. The van der Waals surface area contributed by atoms with Gasteiger partial charge in [0.2, 0.25) is 0 Å².